The predicted octanol–water partition coefficient (Wildman–Crippen LogP) is 4.64. The zero-order chi connectivity index (χ0) is 14.9. The van der Waals surface area contributed by atoms with Gasteiger partial charge in [0.25, 0.3) is 0 Å². The van der Waals surface area contributed by atoms with Gasteiger partial charge in [-0.3, -0.25) is 0 Å². The van der Waals surface area contributed by atoms with E-state index in [-0.39, 0.29) is 4.75 Å². The average Bonchev–Trinajstić information content (AvgIpc) is 2.40. The third kappa shape index (κ3) is 3.42. The maximum Gasteiger partial charge on any atom is 0.144 e. The Labute approximate surface area is 138 Å². The van der Waals surface area contributed by atoms with E-state index < -0.39 is 11.4 Å². The Hall–Kier alpha value is -0.430. The van der Waals surface area contributed by atoms with Gasteiger partial charge in [-0.2, -0.15) is 0 Å². The molecule has 1 aromatic carbocycles. The standard InChI is InChI=1S/C14H14Br2N2OS/c1-14(2,3)20(19)17-8-11-12(15)9-6-4-5-7-10(9)13(16)18-11/h4-8H,1-3H3/t20-/m0/s1. The molecule has 106 valence electrons. The van der Waals surface area contributed by atoms with Crippen molar-refractivity contribution >= 4 is 60.2 Å². The van der Waals surface area contributed by atoms with Crippen molar-refractivity contribution in [2.24, 2.45) is 4.40 Å². The van der Waals surface area contributed by atoms with Crippen LogP contribution in [0.2, 0.25) is 0 Å². The Morgan fingerprint density at radius 1 is 1.20 bits per heavy atom. The highest BCUT2D eigenvalue weighted by atomic mass is 79.9. The van der Waals surface area contributed by atoms with Crippen LogP contribution in [0.1, 0.15) is 26.5 Å². The van der Waals surface area contributed by atoms with E-state index in [1.54, 1.807) is 6.21 Å². The fourth-order valence-electron chi connectivity index (χ4n) is 1.55. The van der Waals surface area contributed by atoms with Crippen LogP contribution in [-0.2, 0) is 11.4 Å². The maximum absolute atomic E-state index is 12.0. The number of pyridine rings is 1. The van der Waals surface area contributed by atoms with Gasteiger partial charge in [0.05, 0.1) is 4.47 Å². The number of rotatable bonds is 2. The summed E-state index contributed by atoms with van der Waals surface area (Å²) >= 11 is 5.71. The molecule has 0 amide bonds. The molecule has 0 bridgehead atoms. The van der Waals surface area contributed by atoms with E-state index in [1.165, 1.54) is 0 Å². The largest absolute Gasteiger partial charge is 0.591 e. The lowest BCUT2D eigenvalue weighted by atomic mass is 10.1. The SMILES string of the molecule is CC(C)(C)[S@+]([O-])N=Cc1nc(Br)c2ccccc2c1Br. The zero-order valence-corrected chi connectivity index (χ0v) is 15.3. The number of fused-ring (bicyclic) bond motifs is 1. The molecule has 0 fully saturated rings. The molecule has 0 aliphatic heterocycles. The zero-order valence-electron chi connectivity index (χ0n) is 11.4. The van der Waals surface area contributed by atoms with Crippen molar-refractivity contribution in [3.05, 3.63) is 39.0 Å². The minimum atomic E-state index is -1.29. The second kappa shape index (κ2) is 6.13. The first kappa shape index (κ1) is 15.9. The first-order chi connectivity index (χ1) is 9.30. The van der Waals surface area contributed by atoms with Gasteiger partial charge in [0.2, 0.25) is 0 Å². The molecule has 2 rings (SSSR count). The number of hydrogen-bond acceptors (Lipinski definition) is 3. The Morgan fingerprint density at radius 2 is 1.80 bits per heavy atom. The summed E-state index contributed by atoms with van der Waals surface area (Å²) in [6.07, 6.45) is 1.56. The van der Waals surface area contributed by atoms with E-state index in [0.717, 1.165) is 19.8 Å². The summed E-state index contributed by atoms with van der Waals surface area (Å²) in [6, 6.07) is 7.92. The molecule has 0 spiro atoms. The molecule has 1 aromatic heterocycles. The Kier molecular flexibility index (Phi) is 4.89. The van der Waals surface area contributed by atoms with Gasteiger partial charge >= 0.3 is 0 Å². The van der Waals surface area contributed by atoms with Gasteiger partial charge < -0.3 is 4.55 Å². The van der Waals surface area contributed by atoms with E-state index in [0.29, 0.717) is 5.69 Å². The van der Waals surface area contributed by atoms with Crippen molar-refractivity contribution in [1.82, 2.24) is 4.98 Å². The lowest BCUT2D eigenvalue weighted by Gasteiger charge is -2.17. The van der Waals surface area contributed by atoms with Crippen molar-refractivity contribution in [2.45, 2.75) is 25.5 Å². The molecule has 1 atom stereocenters. The summed E-state index contributed by atoms with van der Waals surface area (Å²) < 4.78 is 17.3. The molecule has 0 N–H and O–H groups in total. The van der Waals surface area contributed by atoms with Crippen LogP contribution in [0.5, 0.6) is 0 Å². The van der Waals surface area contributed by atoms with Crippen LogP contribution in [0, 0.1) is 0 Å². The van der Waals surface area contributed by atoms with Crippen molar-refractivity contribution in [2.75, 3.05) is 0 Å². The fourth-order valence-corrected chi connectivity index (χ4v) is 3.13. The van der Waals surface area contributed by atoms with Crippen molar-refractivity contribution in [3.63, 3.8) is 0 Å². The fraction of sp³-hybridized carbons (Fsp3) is 0.286. The first-order valence-corrected chi connectivity index (χ1v) is 8.70. The second-order valence-electron chi connectivity index (χ2n) is 5.24. The molecule has 0 aliphatic rings. The van der Waals surface area contributed by atoms with Crippen LogP contribution in [0.4, 0.5) is 0 Å². The number of halogens is 2. The van der Waals surface area contributed by atoms with Crippen LogP contribution in [-0.4, -0.2) is 20.5 Å². The van der Waals surface area contributed by atoms with Crippen LogP contribution in [0.15, 0.2) is 37.7 Å². The third-order valence-corrected chi connectivity index (χ3v) is 5.41. The van der Waals surface area contributed by atoms with Gasteiger partial charge in [-0.15, -0.1) is 0 Å². The number of aromatic nitrogens is 1. The molecule has 3 nitrogen and oxygen atoms in total. The highest BCUT2D eigenvalue weighted by Crippen LogP contribution is 2.30. The highest BCUT2D eigenvalue weighted by molar-refractivity contribution is 9.11. The van der Waals surface area contributed by atoms with Crippen molar-refractivity contribution < 1.29 is 4.55 Å². The summed E-state index contributed by atoms with van der Waals surface area (Å²) in [4.78, 5) is 4.44. The molecular weight excluding hydrogens is 404 g/mol. The van der Waals surface area contributed by atoms with E-state index in [4.69, 9.17) is 0 Å². The lowest BCUT2D eigenvalue weighted by molar-refractivity contribution is 0.562. The predicted molar refractivity (Wildman–Crippen MR) is 92.6 cm³/mol. The van der Waals surface area contributed by atoms with Crippen molar-refractivity contribution in [1.29, 1.82) is 0 Å². The van der Waals surface area contributed by atoms with Crippen LogP contribution < -0.4 is 0 Å². The summed E-state index contributed by atoms with van der Waals surface area (Å²) in [5, 5.41) is 2.06. The van der Waals surface area contributed by atoms with Crippen LogP contribution in [0.3, 0.4) is 0 Å². The lowest BCUT2D eigenvalue weighted by Crippen LogP contribution is -2.25. The third-order valence-electron chi connectivity index (χ3n) is 2.62. The summed E-state index contributed by atoms with van der Waals surface area (Å²) in [5.74, 6) is 0. The number of benzene rings is 1. The van der Waals surface area contributed by atoms with Gasteiger partial charge in [-0.1, -0.05) is 28.7 Å². The monoisotopic (exact) mass is 416 g/mol. The first-order valence-electron chi connectivity index (χ1n) is 6.00. The van der Waals surface area contributed by atoms with Gasteiger partial charge in [0.1, 0.15) is 32.6 Å². The number of hydrogen-bond donors (Lipinski definition) is 0. The molecule has 0 radical (unpaired) electrons. The quantitative estimate of drug-likeness (QED) is 0.406. The Morgan fingerprint density at radius 3 is 2.40 bits per heavy atom. The maximum atomic E-state index is 12.0. The Balaban J connectivity index is 2.46. The summed E-state index contributed by atoms with van der Waals surface area (Å²) in [6.45, 7) is 5.66. The normalized spacial score (nSPS) is 14.1. The van der Waals surface area contributed by atoms with Gasteiger partial charge in [0.15, 0.2) is 0 Å². The molecule has 0 saturated heterocycles. The van der Waals surface area contributed by atoms with E-state index in [2.05, 4.69) is 41.2 Å². The average molecular weight is 418 g/mol. The number of nitrogens with zero attached hydrogens (tertiary/aromatic N) is 2. The minimum absolute atomic E-state index is 0.378. The van der Waals surface area contributed by atoms with E-state index in [1.807, 2.05) is 45.0 Å². The molecule has 6 heteroatoms. The van der Waals surface area contributed by atoms with Crippen LogP contribution >= 0.6 is 31.9 Å². The smallest absolute Gasteiger partial charge is 0.144 e. The summed E-state index contributed by atoms with van der Waals surface area (Å²) in [5.41, 5.74) is 0.660. The van der Waals surface area contributed by atoms with E-state index >= 15 is 0 Å². The molecule has 1 heterocycles. The highest BCUT2D eigenvalue weighted by Gasteiger charge is 2.26. The molecule has 2 aromatic rings. The molecule has 0 saturated carbocycles. The van der Waals surface area contributed by atoms with Crippen molar-refractivity contribution in [3.8, 4) is 0 Å². The van der Waals surface area contributed by atoms with Gasteiger partial charge in [-0.05, 0) is 52.6 Å². The molecule has 0 unspecified atom stereocenters. The minimum Gasteiger partial charge on any atom is -0.591 e. The molecule has 0 aliphatic carbocycles. The van der Waals surface area contributed by atoms with E-state index in [9.17, 15) is 4.55 Å². The topological polar surface area (TPSA) is 48.3 Å². The van der Waals surface area contributed by atoms with Gasteiger partial charge in [-0.25, -0.2) is 4.98 Å². The summed E-state index contributed by atoms with van der Waals surface area (Å²) in [7, 11) is 0. The molecular formula is C14H14Br2N2OS. The Bertz CT molecular complexity index is 668. The van der Waals surface area contributed by atoms with Gasteiger partial charge in [0, 0.05) is 10.8 Å². The van der Waals surface area contributed by atoms with Crippen LogP contribution in [0.25, 0.3) is 10.8 Å². The molecule has 20 heavy (non-hydrogen) atoms. The second-order valence-corrected chi connectivity index (χ2v) is 8.72.